The SMILES string of the molecule is Cc1ccc(CC(=O)C2(c3ccc4c(c3)OCO4)CC2)cc1-c1ccc(C(=O)NCCN(C)C)cc1. The van der Waals surface area contributed by atoms with E-state index in [0.717, 1.165) is 58.7 Å². The number of fused-ring (bicyclic) bond motifs is 1. The molecule has 1 N–H and O–H groups in total. The maximum Gasteiger partial charge on any atom is 0.251 e. The summed E-state index contributed by atoms with van der Waals surface area (Å²) >= 11 is 0. The number of aryl methyl sites for hydroxylation is 1. The van der Waals surface area contributed by atoms with Gasteiger partial charge in [0.2, 0.25) is 6.79 Å². The fraction of sp³-hybridized carbons (Fsp3) is 0.333. The highest BCUT2D eigenvalue weighted by molar-refractivity contribution is 5.95. The van der Waals surface area contributed by atoms with Crippen LogP contribution in [0.4, 0.5) is 0 Å². The van der Waals surface area contributed by atoms with Crippen LogP contribution in [0.2, 0.25) is 0 Å². The molecule has 0 radical (unpaired) electrons. The molecule has 1 aliphatic carbocycles. The number of ether oxygens (including phenoxy) is 2. The fourth-order valence-electron chi connectivity index (χ4n) is 4.79. The third kappa shape index (κ3) is 4.86. The molecular formula is C30H32N2O4. The molecule has 2 aliphatic rings. The molecular weight excluding hydrogens is 452 g/mol. The summed E-state index contributed by atoms with van der Waals surface area (Å²) in [6.45, 7) is 3.70. The van der Waals surface area contributed by atoms with Crippen molar-refractivity contribution >= 4 is 11.7 Å². The van der Waals surface area contributed by atoms with Crippen LogP contribution >= 0.6 is 0 Å². The summed E-state index contributed by atoms with van der Waals surface area (Å²) in [5, 5.41) is 2.95. The minimum atomic E-state index is -0.423. The standard InChI is InChI=1S/C30H32N2O4/c1-20-4-5-21(16-25(20)22-6-8-23(9-7-22)29(34)31-14-15-32(2)3)17-28(33)30(12-13-30)24-10-11-26-27(18-24)36-19-35-26/h4-11,16,18H,12-15,17,19H2,1-3H3,(H,31,34). The van der Waals surface area contributed by atoms with Gasteiger partial charge in [0.05, 0.1) is 5.41 Å². The number of nitrogens with zero attached hydrogens (tertiary/aromatic N) is 1. The number of hydrogen-bond acceptors (Lipinski definition) is 5. The zero-order valence-electron chi connectivity index (χ0n) is 21.1. The molecule has 1 saturated carbocycles. The van der Waals surface area contributed by atoms with Crippen molar-refractivity contribution in [2.75, 3.05) is 34.0 Å². The van der Waals surface area contributed by atoms with E-state index in [4.69, 9.17) is 9.47 Å². The normalized spacial score (nSPS) is 15.1. The van der Waals surface area contributed by atoms with Gasteiger partial charge in [0.1, 0.15) is 5.78 Å². The van der Waals surface area contributed by atoms with E-state index in [9.17, 15) is 9.59 Å². The first-order valence-electron chi connectivity index (χ1n) is 12.4. The maximum atomic E-state index is 13.5. The van der Waals surface area contributed by atoms with Gasteiger partial charge in [-0.05, 0) is 85.9 Å². The predicted octanol–water partition coefficient (Wildman–Crippen LogP) is 4.53. The zero-order valence-corrected chi connectivity index (χ0v) is 21.1. The summed E-state index contributed by atoms with van der Waals surface area (Å²) in [6, 6.07) is 19.7. The van der Waals surface area contributed by atoms with Crippen molar-refractivity contribution in [3.05, 3.63) is 82.9 Å². The molecule has 1 fully saturated rings. The van der Waals surface area contributed by atoms with E-state index < -0.39 is 5.41 Å². The summed E-state index contributed by atoms with van der Waals surface area (Å²) in [4.78, 5) is 27.9. The Kier molecular flexibility index (Phi) is 6.54. The number of hydrogen-bond donors (Lipinski definition) is 1. The van der Waals surface area contributed by atoms with E-state index in [-0.39, 0.29) is 18.5 Å². The van der Waals surface area contributed by atoms with Gasteiger partial charge in [-0.3, -0.25) is 9.59 Å². The van der Waals surface area contributed by atoms with Gasteiger partial charge in [-0.2, -0.15) is 0 Å². The Morgan fingerprint density at radius 2 is 1.69 bits per heavy atom. The van der Waals surface area contributed by atoms with Crippen molar-refractivity contribution in [1.82, 2.24) is 10.2 Å². The molecule has 6 heteroatoms. The monoisotopic (exact) mass is 484 g/mol. The molecule has 6 nitrogen and oxygen atoms in total. The molecule has 0 spiro atoms. The molecule has 0 unspecified atom stereocenters. The molecule has 5 rings (SSSR count). The van der Waals surface area contributed by atoms with Crippen LogP contribution in [0.3, 0.4) is 0 Å². The molecule has 0 saturated heterocycles. The lowest BCUT2D eigenvalue weighted by Gasteiger charge is -2.16. The molecule has 0 aromatic heterocycles. The third-order valence-corrected chi connectivity index (χ3v) is 7.18. The molecule has 0 atom stereocenters. The van der Waals surface area contributed by atoms with Crippen molar-refractivity contribution in [2.45, 2.75) is 31.6 Å². The summed E-state index contributed by atoms with van der Waals surface area (Å²) in [6.07, 6.45) is 2.11. The number of carbonyl (C=O) groups is 2. The Labute approximate surface area is 212 Å². The van der Waals surface area contributed by atoms with E-state index in [1.165, 1.54) is 0 Å². The van der Waals surface area contributed by atoms with Crippen LogP contribution in [0.1, 0.15) is 39.9 Å². The van der Waals surface area contributed by atoms with Gasteiger partial charge in [0.15, 0.2) is 11.5 Å². The van der Waals surface area contributed by atoms with Gasteiger partial charge in [-0.1, -0.05) is 36.4 Å². The van der Waals surface area contributed by atoms with Gasteiger partial charge in [0.25, 0.3) is 5.91 Å². The minimum absolute atomic E-state index is 0.0716. The minimum Gasteiger partial charge on any atom is -0.454 e. The summed E-state index contributed by atoms with van der Waals surface area (Å²) in [5.41, 5.74) is 5.47. The highest BCUT2D eigenvalue weighted by atomic mass is 16.7. The second kappa shape index (κ2) is 9.78. The van der Waals surface area contributed by atoms with E-state index in [0.29, 0.717) is 18.5 Å². The Hall–Kier alpha value is -3.64. The molecule has 1 aliphatic heterocycles. The molecule has 3 aromatic carbocycles. The lowest BCUT2D eigenvalue weighted by molar-refractivity contribution is -0.120. The van der Waals surface area contributed by atoms with Crippen molar-refractivity contribution in [3.8, 4) is 22.6 Å². The average molecular weight is 485 g/mol. The largest absolute Gasteiger partial charge is 0.454 e. The number of likely N-dealkylation sites (N-methyl/N-ethyl adjacent to an activating group) is 1. The van der Waals surface area contributed by atoms with Gasteiger partial charge < -0.3 is 19.7 Å². The predicted molar refractivity (Wildman–Crippen MR) is 140 cm³/mol. The van der Waals surface area contributed by atoms with Gasteiger partial charge in [-0.15, -0.1) is 0 Å². The van der Waals surface area contributed by atoms with Crippen molar-refractivity contribution < 1.29 is 19.1 Å². The molecule has 0 bridgehead atoms. The lowest BCUT2D eigenvalue weighted by Crippen LogP contribution is -2.31. The molecule has 186 valence electrons. The van der Waals surface area contributed by atoms with Crippen LogP contribution in [0.15, 0.2) is 60.7 Å². The highest BCUT2D eigenvalue weighted by Crippen LogP contribution is 2.51. The summed E-state index contributed by atoms with van der Waals surface area (Å²) in [5.74, 6) is 1.62. The number of benzene rings is 3. The second-order valence-corrected chi connectivity index (χ2v) is 10.0. The number of nitrogens with one attached hydrogen (secondary N) is 1. The van der Waals surface area contributed by atoms with E-state index >= 15 is 0 Å². The lowest BCUT2D eigenvalue weighted by atomic mass is 9.87. The van der Waals surface area contributed by atoms with Crippen LogP contribution in [-0.4, -0.2) is 50.6 Å². The third-order valence-electron chi connectivity index (χ3n) is 7.18. The number of carbonyl (C=O) groups excluding carboxylic acids is 2. The van der Waals surface area contributed by atoms with E-state index in [1.54, 1.807) is 0 Å². The van der Waals surface area contributed by atoms with Crippen LogP contribution in [0.25, 0.3) is 11.1 Å². The van der Waals surface area contributed by atoms with Crippen molar-refractivity contribution in [3.63, 3.8) is 0 Å². The quantitative estimate of drug-likeness (QED) is 0.484. The first-order chi connectivity index (χ1) is 17.4. The molecule has 1 amide bonds. The molecule has 3 aromatic rings. The topological polar surface area (TPSA) is 67.9 Å². The number of rotatable bonds is 9. The number of amides is 1. The van der Waals surface area contributed by atoms with E-state index in [1.807, 2.05) is 67.5 Å². The fourth-order valence-corrected chi connectivity index (χ4v) is 4.79. The Bertz CT molecular complexity index is 1290. The Balaban J connectivity index is 1.30. The molecule has 1 heterocycles. The van der Waals surface area contributed by atoms with Crippen LogP contribution in [0, 0.1) is 6.92 Å². The van der Waals surface area contributed by atoms with Gasteiger partial charge in [-0.25, -0.2) is 0 Å². The molecule has 36 heavy (non-hydrogen) atoms. The smallest absolute Gasteiger partial charge is 0.251 e. The van der Waals surface area contributed by atoms with Crippen LogP contribution in [-0.2, 0) is 16.6 Å². The Morgan fingerprint density at radius 3 is 2.42 bits per heavy atom. The first kappa shape index (κ1) is 24.1. The van der Waals surface area contributed by atoms with Crippen molar-refractivity contribution in [2.24, 2.45) is 0 Å². The highest BCUT2D eigenvalue weighted by Gasteiger charge is 2.50. The summed E-state index contributed by atoms with van der Waals surface area (Å²) < 4.78 is 11.0. The maximum absolute atomic E-state index is 13.5. The van der Waals surface area contributed by atoms with E-state index in [2.05, 4.69) is 24.4 Å². The van der Waals surface area contributed by atoms with Gasteiger partial charge in [0, 0.05) is 25.1 Å². The number of Topliss-reactive ketones (excluding diaryl/α,β-unsaturated/α-hetero) is 1. The summed E-state index contributed by atoms with van der Waals surface area (Å²) in [7, 11) is 3.96. The van der Waals surface area contributed by atoms with Crippen LogP contribution < -0.4 is 14.8 Å². The van der Waals surface area contributed by atoms with Crippen molar-refractivity contribution in [1.29, 1.82) is 0 Å². The van der Waals surface area contributed by atoms with Crippen LogP contribution in [0.5, 0.6) is 11.5 Å². The van der Waals surface area contributed by atoms with Gasteiger partial charge >= 0.3 is 0 Å². The average Bonchev–Trinajstić information content (AvgIpc) is 3.56. The Morgan fingerprint density at radius 1 is 0.944 bits per heavy atom. The number of ketones is 1. The second-order valence-electron chi connectivity index (χ2n) is 10.0. The zero-order chi connectivity index (χ0) is 25.3. The first-order valence-corrected chi connectivity index (χ1v) is 12.4.